The van der Waals surface area contributed by atoms with Gasteiger partial charge in [0.1, 0.15) is 23.4 Å². The SMILES string of the molecule is CCOc1cc2c(cc1/C=C/C(=O)NCc1ccc(F)cc1)OC(C)C2. The second kappa shape index (κ2) is 8.04. The van der Waals surface area contributed by atoms with Gasteiger partial charge in [0.25, 0.3) is 0 Å². The second-order valence-corrected chi connectivity index (χ2v) is 6.24. The van der Waals surface area contributed by atoms with E-state index in [0.29, 0.717) is 13.2 Å². The molecule has 5 heteroatoms. The Morgan fingerprint density at radius 1 is 1.35 bits per heavy atom. The number of hydrogen-bond acceptors (Lipinski definition) is 3. The van der Waals surface area contributed by atoms with E-state index in [1.165, 1.54) is 18.2 Å². The normalized spacial score (nSPS) is 15.6. The fourth-order valence-electron chi connectivity index (χ4n) is 2.88. The molecule has 2 aromatic carbocycles. The lowest BCUT2D eigenvalue weighted by Gasteiger charge is -2.10. The van der Waals surface area contributed by atoms with Gasteiger partial charge in [0, 0.05) is 30.2 Å². The van der Waals surface area contributed by atoms with Crippen LogP contribution >= 0.6 is 0 Å². The van der Waals surface area contributed by atoms with Crippen molar-refractivity contribution in [1.29, 1.82) is 0 Å². The average Bonchev–Trinajstić information content (AvgIpc) is 2.98. The van der Waals surface area contributed by atoms with Crippen molar-refractivity contribution < 1.29 is 18.7 Å². The van der Waals surface area contributed by atoms with Crippen molar-refractivity contribution in [3.8, 4) is 11.5 Å². The molecule has 4 nitrogen and oxygen atoms in total. The Balaban J connectivity index is 1.67. The van der Waals surface area contributed by atoms with E-state index in [4.69, 9.17) is 9.47 Å². The smallest absolute Gasteiger partial charge is 0.244 e. The molecule has 0 spiro atoms. The maximum absolute atomic E-state index is 12.9. The van der Waals surface area contributed by atoms with E-state index in [2.05, 4.69) is 5.32 Å². The average molecular weight is 355 g/mol. The van der Waals surface area contributed by atoms with E-state index in [1.807, 2.05) is 26.0 Å². The van der Waals surface area contributed by atoms with Crippen molar-refractivity contribution in [2.75, 3.05) is 6.61 Å². The van der Waals surface area contributed by atoms with Crippen LogP contribution in [0.25, 0.3) is 6.08 Å². The lowest BCUT2D eigenvalue weighted by atomic mass is 10.1. The van der Waals surface area contributed by atoms with E-state index in [9.17, 15) is 9.18 Å². The Morgan fingerprint density at radius 3 is 2.85 bits per heavy atom. The fourth-order valence-corrected chi connectivity index (χ4v) is 2.88. The molecule has 3 rings (SSSR count). The molecule has 1 heterocycles. The lowest BCUT2D eigenvalue weighted by Crippen LogP contribution is -2.20. The van der Waals surface area contributed by atoms with Gasteiger partial charge in [-0.15, -0.1) is 0 Å². The van der Waals surface area contributed by atoms with Gasteiger partial charge in [-0.25, -0.2) is 4.39 Å². The Bertz CT molecular complexity index is 815. The van der Waals surface area contributed by atoms with Gasteiger partial charge in [0.05, 0.1) is 6.61 Å². The van der Waals surface area contributed by atoms with Gasteiger partial charge < -0.3 is 14.8 Å². The number of carbonyl (C=O) groups is 1. The summed E-state index contributed by atoms with van der Waals surface area (Å²) in [5, 5.41) is 2.78. The molecule has 136 valence electrons. The first-order valence-corrected chi connectivity index (χ1v) is 8.72. The molecule has 1 aliphatic rings. The minimum absolute atomic E-state index is 0.151. The molecule has 1 N–H and O–H groups in total. The van der Waals surface area contributed by atoms with Crippen LogP contribution in [0.1, 0.15) is 30.5 Å². The molecule has 0 bridgehead atoms. The van der Waals surface area contributed by atoms with Crippen LogP contribution in [-0.2, 0) is 17.8 Å². The molecule has 1 atom stereocenters. The summed E-state index contributed by atoms with van der Waals surface area (Å²) < 4.78 is 24.4. The van der Waals surface area contributed by atoms with Crippen LogP contribution in [0.2, 0.25) is 0 Å². The number of hydrogen-bond donors (Lipinski definition) is 1. The molecule has 0 radical (unpaired) electrons. The number of carbonyl (C=O) groups excluding carboxylic acids is 1. The van der Waals surface area contributed by atoms with Crippen molar-refractivity contribution in [2.45, 2.75) is 32.9 Å². The summed E-state index contributed by atoms with van der Waals surface area (Å²) in [5.41, 5.74) is 2.76. The molecule has 0 aliphatic carbocycles. The second-order valence-electron chi connectivity index (χ2n) is 6.24. The lowest BCUT2D eigenvalue weighted by molar-refractivity contribution is -0.116. The molecular weight excluding hydrogens is 333 g/mol. The van der Waals surface area contributed by atoms with Crippen LogP contribution in [-0.4, -0.2) is 18.6 Å². The quantitative estimate of drug-likeness (QED) is 0.800. The van der Waals surface area contributed by atoms with E-state index in [0.717, 1.165) is 34.6 Å². The highest BCUT2D eigenvalue weighted by Gasteiger charge is 2.21. The number of amides is 1. The maximum atomic E-state index is 12.9. The molecular formula is C21H22FNO3. The summed E-state index contributed by atoms with van der Waals surface area (Å²) in [4.78, 5) is 12.1. The summed E-state index contributed by atoms with van der Waals surface area (Å²) in [6, 6.07) is 9.93. The van der Waals surface area contributed by atoms with Gasteiger partial charge in [-0.05, 0) is 49.8 Å². The van der Waals surface area contributed by atoms with Crippen LogP contribution in [0.4, 0.5) is 4.39 Å². The minimum Gasteiger partial charge on any atom is -0.493 e. The van der Waals surface area contributed by atoms with Crippen molar-refractivity contribution in [1.82, 2.24) is 5.32 Å². The first-order valence-electron chi connectivity index (χ1n) is 8.72. The molecule has 26 heavy (non-hydrogen) atoms. The van der Waals surface area contributed by atoms with Gasteiger partial charge in [0.2, 0.25) is 5.91 Å². The van der Waals surface area contributed by atoms with Crippen LogP contribution in [0.5, 0.6) is 11.5 Å². The van der Waals surface area contributed by atoms with E-state index >= 15 is 0 Å². The standard InChI is InChI=1S/C21H22FNO3/c1-3-25-19-12-17-10-14(2)26-20(17)11-16(19)6-9-21(24)23-13-15-4-7-18(22)8-5-15/h4-9,11-12,14H,3,10,13H2,1-2H3,(H,23,24)/b9-6+. The minimum atomic E-state index is -0.295. The number of fused-ring (bicyclic) bond motifs is 1. The third kappa shape index (κ3) is 4.42. The van der Waals surface area contributed by atoms with E-state index in [1.54, 1.807) is 18.2 Å². The van der Waals surface area contributed by atoms with Gasteiger partial charge in [-0.2, -0.15) is 0 Å². The van der Waals surface area contributed by atoms with Gasteiger partial charge >= 0.3 is 0 Å². The summed E-state index contributed by atoms with van der Waals surface area (Å²) in [6.07, 6.45) is 4.19. The predicted octanol–water partition coefficient (Wildman–Crippen LogP) is 3.88. The van der Waals surface area contributed by atoms with Gasteiger partial charge in [-0.3, -0.25) is 4.79 Å². The maximum Gasteiger partial charge on any atom is 0.244 e. The Morgan fingerprint density at radius 2 is 2.12 bits per heavy atom. The van der Waals surface area contributed by atoms with Crippen molar-refractivity contribution in [2.24, 2.45) is 0 Å². The first kappa shape index (κ1) is 18.0. The largest absolute Gasteiger partial charge is 0.493 e. The number of nitrogens with one attached hydrogen (secondary N) is 1. The van der Waals surface area contributed by atoms with Crippen LogP contribution in [0, 0.1) is 5.82 Å². The third-order valence-electron chi connectivity index (χ3n) is 4.12. The van der Waals surface area contributed by atoms with E-state index < -0.39 is 0 Å². The summed E-state index contributed by atoms with van der Waals surface area (Å²) >= 11 is 0. The van der Waals surface area contributed by atoms with Crippen molar-refractivity contribution in [3.05, 3.63) is 65.0 Å². The highest BCUT2D eigenvalue weighted by atomic mass is 19.1. The zero-order valence-corrected chi connectivity index (χ0v) is 14.9. The first-order chi connectivity index (χ1) is 12.5. The van der Waals surface area contributed by atoms with Gasteiger partial charge in [0.15, 0.2) is 0 Å². The Hall–Kier alpha value is -2.82. The van der Waals surface area contributed by atoms with Crippen LogP contribution in [0.15, 0.2) is 42.5 Å². The zero-order valence-electron chi connectivity index (χ0n) is 14.9. The number of benzene rings is 2. The highest BCUT2D eigenvalue weighted by molar-refractivity contribution is 5.92. The molecule has 1 aliphatic heterocycles. The topological polar surface area (TPSA) is 47.6 Å². The molecule has 0 fully saturated rings. The highest BCUT2D eigenvalue weighted by Crippen LogP contribution is 2.35. The fraction of sp³-hybridized carbons (Fsp3) is 0.286. The van der Waals surface area contributed by atoms with Crippen molar-refractivity contribution in [3.63, 3.8) is 0 Å². The number of halogens is 1. The Kier molecular flexibility index (Phi) is 5.56. The molecule has 0 saturated carbocycles. The summed E-state index contributed by atoms with van der Waals surface area (Å²) in [6.45, 7) is 4.84. The molecule has 0 saturated heterocycles. The van der Waals surface area contributed by atoms with Crippen molar-refractivity contribution >= 4 is 12.0 Å². The summed E-state index contributed by atoms with van der Waals surface area (Å²) in [7, 11) is 0. The number of ether oxygens (including phenoxy) is 2. The number of rotatable bonds is 6. The van der Waals surface area contributed by atoms with Gasteiger partial charge in [-0.1, -0.05) is 12.1 Å². The zero-order chi connectivity index (χ0) is 18.5. The van der Waals surface area contributed by atoms with E-state index in [-0.39, 0.29) is 17.8 Å². The Labute approximate surface area is 152 Å². The van der Waals surface area contributed by atoms with Crippen LogP contribution in [0.3, 0.4) is 0 Å². The monoisotopic (exact) mass is 355 g/mol. The summed E-state index contributed by atoms with van der Waals surface area (Å²) in [5.74, 6) is 1.06. The molecule has 1 amide bonds. The van der Waals surface area contributed by atoms with Crippen LogP contribution < -0.4 is 14.8 Å². The third-order valence-corrected chi connectivity index (χ3v) is 4.12. The predicted molar refractivity (Wildman–Crippen MR) is 98.7 cm³/mol. The molecule has 1 unspecified atom stereocenters. The molecule has 0 aromatic heterocycles. The molecule has 2 aromatic rings.